The second-order valence-electron chi connectivity index (χ2n) is 3.81. The molecule has 0 aromatic heterocycles. The Morgan fingerprint density at radius 3 is 2.39 bits per heavy atom. The minimum atomic E-state index is -0.302. The minimum absolute atomic E-state index is 0.155. The second-order valence-corrected chi connectivity index (χ2v) is 3.81. The summed E-state index contributed by atoms with van der Waals surface area (Å²) >= 11 is 0. The summed E-state index contributed by atoms with van der Waals surface area (Å²) in [5, 5.41) is 18.7. The van der Waals surface area contributed by atoms with Gasteiger partial charge < -0.3 is 25.6 Å². The molecular formula is C12H18N2O4. The molecule has 6 nitrogen and oxygen atoms in total. The van der Waals surface area contributed by atoms with Crippen molar-refractivity contribution >= 4 is 5.91 Å². The molecule has 1 amide bonds. The van der Waals surface area contributed by atoms with E-state index in [1.165, 1.54) is 23.1 Å². The maximum Gasteiger partial charge on any atom is 0.254 e. The van der Waals surface area contributed by atoms with Crippen LogP contribution in [0.15, 0.2) is 18.2 Å². The van der Waals surface area contributed by atoms with Crippen LogP contribution in [0, 0.1) is 0 Å². The van der Waals surface area contributed by atoms with Gasteiger partial charge in [-0.25, -0.2) is 0 Å². The molecule has 0 atom stereocenters. The highest BCUT2D eigenvalue weighted by Gasteiger charge is 2.16. The number of nitrogens with two attached hydrogens (primary N) is 1. The van der Waals surface area contributed by atoms with Gasteiger partial charge in [-0.3, -0.25) is 4.79 Å². The highest BCUT2D eigenvalue weighted by molar-refractivity contribution is 5.95. The second kappa shape index (κ2) is 6.83. The van der Waals surface area contributed by atoms with Gasteiger partial charge in [0.2, 0.25) is 0 Å². The maximum atomic E-state index is 12.1. The first-order valence-electron chi connectivity index (χ1n) is 5.59. The monoisotopic (exact) mass is 254 g/mol. The minimum Gasteiger partial charge on any atom is -0.508 e. The predicted molar refractivity (Wildman–Crippen MR) is 66.6 cm³/mol. The Kier molecular flexibility index (Phi) is 5.41. The van der Waals surface area contributed by atoms with Crippen LogP contribution in [0.2, 0.25) is 0 Å². The lowest BCUT2D eigenvalue weighted by atomic mass is 10.1. The van der Waals surface area contributed by atoms with Gasteiger partial charge in [-0.1, -0.05) is 0 Å². The molecule has 0 heterocycles. The molecule has 0 radical (unpaired) electrons. The quantitative estimate of drug-likeness (QED) is 0.671. The Hall–Kier alpha value is -1.79. The van der Waals surface area contributed by atoms with E-state index in [-0.39, 0.29) is 23.0 Å². The molecule has 0 unspecified atom stereocenters. The molecule has 0 saturated heterocycles. The molecule has 1 rings (SSSR count). The van der Waals surface area contributed by atoms with Crippen molar-refractivity contribution in [3.8, 4) is 11.5 Å². The number of aromatic hydroxyl groups is 2. The SMILES string of the molecule is COCCN(CCN)C(=O)c1cc(O)cc(O)c1. The zero-order valence-corrected chi connectivity index (χ0v) is 10.3. The number of benzene rings is 1. The number of ether oxygens (including phenoxy) is 1. The summed E-state index contributed by atoms with van der Waals surface area (Å²) in [5.74, 6) is -0.612. The van der Waals surface area contributed by atoms with E-state index in [0.717, 1.165) is 0 Å². The van der Waals surface area contributed by atoms with E-state index in [1.807, 2.05) is 0 Å². The van der Waals surface area contributed by atoms with Gasteiger partial charge in [0, 0.05) is 38.4 Å². The zero-order chi connectivity index (χ0) is 13.5. The van der Waals surface area contributed by atoms with Crippen LogP contribution in [0.4, 0.5) is 0 Å². The maximum absolute atomic E-state index is 12.1. The molecule has 6 heteroatoms. The molecule has 0 spiro atoms. The number of carbonyl (C=O) groups is 1. The van der Waals surface area contributed by atoms with Crippen molar-refractivity contribution in [2.24, 2.45) is 5.73 Å². The molecule has 0 aliphatic rings. The number of rotatable bonds is 6. The van der Waals surface area contributed by atoms with Crippen molar-refractivity contribution in [1.29, 1.82) is 0 Å². The third-order valence-electron chi connectivity index (χ3n) is 2.40. The highest BCUT2D eigenvalue weighted by atomic mass is 16.5. The Morgan fingerprint density at radius 1 is 1.28 bits per heavy atom. The molecule has 18 heavy (non-hydrogen) atoms. The first-order chi connectivity index (χ1) is 8.58. The predicted octanol–water partition coefficient (Wildman–Crippen LogP) is 0.145. The molecule has 1 aromatic carbocycles. The largest absolute Gasteiger partial charge is 0.508 e. The molecule has 1 aromatic rings. The van der Waals surface area contributed by atoms with Gasteiger partial charge in [0.15, 0.2) is 0 Å². The van der Waals surface area contributed by atoms with Gasteiger partial charge in [0.05, 0.1) is 6.61 Å². The Morgan fingerprint density at radius 2 is 1.89 bits per heavy atom. The lowest BCUT2D eigenvalue weighted by molar-refractivity contribution is 0.0700. The number of carbonyl (C=O) groups excluding carboxylic acids is 1. The van der Waals surface area contributed by atoms with E-state index >= 15 is 0 Å². The van der Waals surface area contributed by atoms with Gasteiger partial charge in [0.1, 0.15) is 11.5 Å². The highest BCUT2D eigenvalue weighted by Crippen LogP contribution is 2.21. The van der Waals surface area contributed by atoms with Crippen LogP contribution in [0.3, 0.4) is 0 Å². The van der Waals surface area contributed by atoms with E-state index < -0.39 is 0 Å². The Balaban J connectivity index is 2.86. The van der Waals surface area contributed by atoms with E-state index in [2.05, 4.69) is 0 Å². The van der Waals surface area contributed by atoms with E-state index in [0.29, 0.717) is 26.2 Å². The molecule has 0 aliphatic carbocycles. The van der Waals surface area contributed by atoms with Crippen LogP contribution in [0.1, 0.15) is 10.4 Å². The standard InChI is InChI=1S/C12H18N2O4/c1-18-5-4-14(3-2-13)12(17)9-6-10(15)8-11(16)7-9/h6-8,15-16H,2-5,13H2,1H3. The number of phenolic OH excluding ortho intramolecular Hbond substituents is 2. The van der Waals surface area contributed by atoms with Crippen LogP contribution in [0.25, 0.3) is 0 Å². The van der Waals surface area contributed by atoms with Crippen molar-refractivity contribution in [2.45, 2.75) is 0 Å². The summed E-state index contributed by atoms with van der Waals surface area (Å²) < 4.78 is 4.92. The molecular weight excluding hydrogens is 236 g/mol. The molecule has 0 fully saturated rings. The number of amides is 1. The van der Waals surface area contributed by atoms with E-state index in [9.17, 15) is 15.0 Å². The van der Waals surface area contributed by atoms with Gasteiger partial charge in [-0.2, -0.15) is 0 Å². The van der Waals surface area contributed by atoms with Gasteiger partial charge in [-0.15, -0.1) is 0 Å². The van der Waals surface area contributed by atoms with Crippen molar-refractivity contribution in [1.82, 2.24) is 4.90 Å². The third-order valence-corrected chi connectivity index (χ3v) is 2.40. The van der Waals surface area contributed by atoms with Crippen LogP contribution in [-0.4, -0.2) is 54.4 Å². The number of hydrogen-bond acceptors (Lipinski definition) is 5. The van der Waals surface area contributed by atoms with E-state index in [4.69, 9.17) is 10.5 Å². The van der Waals surface area contributed by atoms with Crippen LogP contribution in [0.5, 0.6) is 11.5 Å². The summed E-state index contributed by atoms with van der Waals surface area (Å²) in [5.41, 5.74) is 5.66. The molecule has 0 aliphatic heterocycles. The summed E-state index contributed by atoms with van der Waals surface area (Å²) in [6, 6.07) is 3.77. The molecule has 100 valence electrons. The van der Waals surface area contributed by atoms with E-state index in [1.54, 1.807) is 7.11 Å². The van der Waals surface area contributed by atoms with Crippen LogP contribution >= 0.6 is 0 Å². The number of phenols is 2. The lowest BCUT2D eigenvalue weighted by Gasteiger charge is -2.21. The van der Waals surface area contributed by atoms with Crippen LogP contribution < -0.4 is 5.73 Å². The molecule has 4 N–H and O–H groups in total. The topological polar surface area (TPSA) is 96.0 Å². The lowest BCUT2D eigenvalue weighted by Crippen LogP contribution is -2.37. The van der Waals surface area contributed by atoms with Crippen molar-refractivity contribution < 1.29 is 19.7 Å². The Labute approximate surface area is 106 Å². The fourth-order valence-corrected chi connectivity index (χ4v) is 1.57. The van der Waals surface area contributed by atoms with Crippen molar-refractivity contribution in [3.05, 3.63) is 23.8 Å². The van der Waals surface area contributed by atoms with Gasteiger partial charge in [-0.05, 0) is 12.1 Å². The normalized spacial score (nSPS) is 10.3. The van der Waals surface area contributed by atoms with Gasteiger partial charge in [0.25, 0.3) is 5.91 Å². The van der Waals surface area contributed by atoms with Crippen LogP contribution in [-0.2, 0) is 4.74 Å². The summed E-state index contributed by atoms with van der Waals surface area (Å²) in [6.07, 6.45) is 0. The first-order valence-corrected chi connectivity index (χ1v) is 5.59. The first kappa shape index (κ1) is 14.3. The summed E-state index contributed by atoms with van der Waals surface area (Å²) in [7, 11) is 1.55. The fourth-order valence-electron chi connectivity index (χ4n) is 1.57. The zero-order valence-electron chi connectivity index (χ0n) is 10.3. The summed E-state index contributed by atoms with van der Waals surface area (Å²) in [6.45, 7) is 1.53. The smallest absolute Gasteiger partial charge is 0.254 e. The molecule has 0 bridgehead atoms. The van der Waals surface area contributed by atoms with Gasteiger partial charge >= 0.3 is 0 Å². The number of methoxy groups -OCH3 is 1. The van der Waals surface area contributed by atoms with Crippen molar-refractivity contribution in [3.63, 3.8) is 0 Å². The number of hydrogen-bond donors (Lipinski definition) is 3. The number of nitrogens with zero attached hydrogens (tertiary/aromatic N) is 1. The summed E-state index contributed by atoms with van der Waals surface area (Å²) in [4.78, 5) is 13.6. The molecule has 0 saturated carbocycles. The van der Waals surface area contributed by atoms with Crippen molar-refractivity contribution in [2.75, 3.05) is 33.4 Å². The fraction of sp³-hybridized carbons (Fsp3) is 0.417. The Bertz CT molecular complexity index is 389. The average Bonchev–Trinajstić information content (AvgIpc) is 2.32. The third kappa shape index (κ3) is 3.90. The average molecular weight is 254 g/mol.